The van der Waals surface area contributed by atoms with Crippen molar-refractivity contribution in [2.75, 3.05) is 13.1 Å². The minimum absolute atomic E-state index is 0.0410. The number of hydrogen-bond acceptors (Lipinski definition) is 3. The van der Waals surface area contributed by atoms with Crippen LogP contribution in [0.4, 0.5) is 0 Å². The van der Waals surface area contributed by atoms with Crippen LogP contribution in [0.1, 0.15) is 13.8 Å². The summed E-state index contributed by atoms with van der Waals surface area (Å²) in [7, 11) is 0. The molecule has 0 saturated heterocycles. The number of rotatable bonds is 6. The summed E-state index contributed by atoms with van der Waals surface area (Å²) in [6, 6.07) is 7.18. The van der Waals surface area contributed by atoms with Crippen LogP contribution in [0.25, 0.3) is 0 Å². The number of likely N-dealkylation sites (N-methyl/N-ethyl adjacent to an activating group) is 1. The molecule has 1 atom stereocenters. The van der Waals surface area contributed by atoms with Crippen molar-refractivity contribution in [3.05, 3.63) is 28.7 Å². The first-order chi connectivity index (χ1) is 9.02. The molecule has 0 fully saturated rings. The van der Waals surface area contributed by atoms with Crippen molar-refractivity contribution >= 4 is 27.7 Å². The van der Waals surface area contributed by atoms with Crippen LogP contribution < -0.4 is 15.4 Å². The van der Waals surface area contributed by atoms with E-state index >= 15 is 0 Å². The van der Waals surface area contributed by atoms with Gasteiger partial charge in [0.2, 0.25) is 5.91 Å². The van der Waals surface area contributed by atoms with Gasteiger partial charge in [-0.25, -0.2) is 0 Å². The van der Waals surface area contributed by atoms with Gasteiger partial charge in [-0.2, -0.15) is 0 Å². The van der Waals surface area contributed by atoms with Crippen LogP contribution in [0.15, 0.2) is 28.7 Å². The van der Waals surface area contributed by atoms with Gasteiger partial charge in [-0.15, -0.1) is 0 Å². The second-order valence-electron chi connectivity index (χ2n) is 3.89. The Kier molecular flexibility index (Phi) is 6.35. The normalized spacial score (nSPS) is 11.5. The van der Waals surface area contributed by atoms with Gasteiger partial charge in [0.15, 0.2) is 6.10 Å². The highest BCUT2D eigenvalue weighted by Crippen LogP contribution is 2.17. The van der Waals surface area contributed by atoms with Crippen LogP contribution in [0.5, 0.6) is 5.75 Å². The highest BCUT2D eigenvalue weighted by molar-refractivity contribution is 9.10. The lowest BCUT2D eigenvalue weighted by Gasteiger charge is -2.14. The average Bonchev–Trinajstić information content (AvgIpc) is 2.39. The number of carbonyl (C=O) groups excluding carboxylic acids is 2. The molecule has 0 aliphatic heterocycles. The van der Waals surface area contributed by atoms with Gasteiger partial charge in [0.05, 0.1) is 6.54 Å². The molecule has 2 N–H and O–H groups in total. The Morgan fingerprint density at radius 3 is 2.47 bits per heavy atom. The van der Waals surface area contributed by atoms with Crippen molar-refractivity contribution in [1.82, 2.24) is 10.6 Å². The first-order valence-corrected chi connectivity index (χ1v) is 6.79. The Bertz CT molecular complexity index is 434. The van der Waals surface area contributed by atoms with Gasteiger partial charge >= 0.3 is 0 Å². The van der Waals surface area contributed by atoms with Crippen molar-refractivity contribution < 1.29 is 14.3 Å². The Balaban J connectivity index is 2.40. The number of amides is 2. The van der Waals surface area contributed by atoms with Crippen LogP contribution in [0.3, 0.4) is 0 Å². The minimum Gasteiger partial charge on any atom is -0.481 e. The lowest BCUT2D eigenvalue weighted by Crippen LogP contribution is -2.42. The number of nitrogens with one attached hydrogen (secondary N) is 2. The molecule has 1 unspecified atom stereocenters. The van der Waals surface area contributed by atoms with Crippen molar-refractivity contribution in [1.29, 1.82) is 0 Å². The Hall–Kier alpha value is -1.56. The van der Waals surface area contributed by atoms with E-state index in [2.05, 4.69) is 26.6 Å². The van der Waals surface area contributed by atoms with E-state index in [0.29, 0.717) is 12.3 Å². The van der Waals surface area contributed by atoms with E-state index in [0.717, 1.165) is 4.47 Å². The maximum atomic E-state index is 11.7. The summed E-state index contributed by atoms with van der Waals surface area (Å²) in [6.07, 6.45) is -0.657. The summed E-state index contributed by atoms with van der Waals surface area (Å²) in [5.41, 5.74) is 0. The Labute approximate surface area is 120 Å². The van der Waals surface area contributed by atoms with E-state index in [9.17, 15) is 9.59 Å². The van der Waals surface area contributed by atoms with Gasteiger partial charge in [0, 0.05) is 11.0 Å². The van der Waals surface area contributed by atoms with Crippen LogP contribution in [0, 0.1) is 0 Å². The van der Waals surface area contributed by atoms with Gasteiger partial charge in [0.1, 0.15) is 5.75 Å². The maximum absolute atomic E-state index is 11.7. The zero-order valence-electron chi connectivity index (χ0n) is 10.9. The molecule has 5 nitrogen and oxygen atoms in total. The number of halogens is 1. The van der Waals surface area contributed by atoms with Crippen LogP contribution in [-0.4, -0.2) is 31.0 Å². The predicted molar refractivity (Wildman–Crippen MR) is 75.9 cm³/mol. The van der Waals surface area contributed by atoms with Crippen molar-refractivity contribution in [2.24, 2.45) is 0 Å². The molecule has 0 aliphatic rings. The molecule has 0 saturated carbocycles. The zero-order valence-corrected chi connectivity index (χ0v) is 12.5. The smallest absolute Gasteiger partial charge is 0.261 e. The molecular formula is C13H17BrN2O3. The highest BCUT2D eigenvalue weighted by atomic mass is 79.9. The largest absolute Gasteiger partial charge is 0.481 e. The van der Waals surface area contributed by atoms with Crippen LogP contribution in [-0.2, 0) is 9.59 Å². The van der Waals surface area contributed by atoms with Gasteiger partial charge in [-0.05, 0) is 38.1 Å². The van der Waals surface area contributed by atoms with Crippen molar-refractivity contribution in [2.45, 2.75) is 20.0 Å². The SMILES string of the molecule is CCNC(=O)CNC(=O)C(C)Oc1ccc(Br)cc1. The number of benzene rings is 1. The molecular weight excluding hydrogens is 312 g/mol. The lowest BCUT2D eigenvalue weighted by molar-refractivity contribution is -0.130. The molecule has 2 amide bonds. The fraction of sp³-hybridized carbons (Fsp3) is 0.385. The molecule has 19 heavy (non-hydrogen) atoms. The summed E-state index contributed by atoms with van der Waals surface area (Å²) in [5.74, 6) is 0.0599. The fourth-order valence-electron chi connectivity index (χ4n) is 1.34. The second kappa shape index (κ2) is 7.78. The molecule has 0 spiro atoms. The Morgan fingerprint density at radius 2 is 1.89 bits per heavy atom. The molecule has 1 aromatic rings. The first-order valence-electron chi connectivity index (χ1n) is 5.99. The molecule has 1 aromatic carbocycles. The first kappa shape index (κ1) is 15.5. The van der Waals surface area contributed by atoms with Gasteiger partial charge in [0.25, 0.3) is 5.91 Å². The quantitative estimate of drug-likeness (QED) is 0.831. The van der Waals surface area contributed by atoms with E-state index in [1.54, 1.807) is 19.1 Å². The van der Waals surface area contributed by atoms with Gasteiger partial charge in [-0.3, -0.25) is 9.59 Å². The number of hydrogen-bond donors (Lipinski definition) is 2. The Morgan fingerprint density at radius 1 is 1.26 bits per heavy atom. The van der Waals surface area contributed by atoms with E-state index < -0.39 is 6.10 Å². The van der Waals surface area contributed by atoms with E-state index in [1.807, 2.05) is 19.1 Å². The summed E-state index contributed by atoms with van der Waals surface area (Å²) in [4.78, 5) is 22.9. The standard InChI is InChI=1S/C13H17BrN2O3/c1-3-15-12(17)8-16-13(18)9(2)19-11-6-4-10(14)5-7-11/h4-7,9H,3,8H2,1-2H3,(H,15,17)(H,16,18). The third-order valence-corrected chi connectivity index (χ3v) is 2.82. The van der Waals surface area contributed by atoms with Crippen LogP contribution in [0.2, 0.25) is 0 Å². The molecule has 0 aromatic heterocycles. The predicted octanol–water partition coefficient (Wildman–Crippen LogP) is 1.47. The monoisotopic (exact) mass is 328 g/mol. The summed E-state index contributed by atoms with van der Waals surface area (Å²) >= 11 is 3.32. The fourth-order valence-corrected chi connectivity index (χ4v) is 1.61. The summed E-state index contributed by atoms with van der Waals surface area (Å²) in [6.45, 7) is 3.95. The van der Waals surface area contributed by atoms with Crippen molar-refractivity contribution in [3.63, 3.8) is 0 Å². The molecule has 0 aliphatic carbocycles. The molecule has 1 rings (SSSR count). The van der Waals surface area contributed by atoms with E-state index in [4.69, 9.17) is 4.74 Å². The molecule has 0 heterocycles. The summed E-state index contributed by atoms with van der Waals surface area (Å²) in [5, 5.41) is 5.11. The summed E-state index contributed by atoms with van der Waals surface area (Å²) < 4.78 is 6.40. The topological polar surface area (TPSA) is 67.4 Å². The maximum Gasteiger partial charge on any atom is 0.261 e. The van der Waals surface area contributed by atoms with Crippen LogP contribution >= 0.6 is 15.9 Å². The van der Waals surface area contributed by atoms with Gasteiger partial charge < -0.3 is 15.4 Å². The van der Waals surface area contributed by atoms with Crippen molar-refractivity contribution in [3.8, 4) is 5.75 Å². The highest BCUT2D eigenvalue weighted by Gasteiger charge is 2.15. The lowest BCUT2D eigenvalue weighted by atomic mass is 10.3. The number of carbonyl (C=O) groups is 2. The molecule has 0 radical (unpaired) electrons. The third-order valence-electron chi connectivity index (χ3n) is 2.29. The molecule has 6 heteroatoms. The molecule has 0 bridgehead atoms. The van der Waals surface area contributed by atoms with E-state index in [1.165, 1.54) is 0 Å². The van der Waals surface area contributed by atoms with Gasteiger partial charge in [-0.1, -0.05) is 15.9 Å². The zero-order chi connectivity index (χ0) is 14.3. The average molecular weight is 329 g/mol. The third kappa shape index (κ3) is 5.74. The number of ether oxygens (including phenoxy) is 1. The minimum atomic E-state index is -0.657. The van der Waals surface area contributed by atoms with E-state index in [-0.39, 0.29) is 18.4 Å². The molecule has 104 valence electrons. The second-order valence-corrected chi connectivity index (χ2v) is 4.80.